The van der Waals surface area contributed by atoms with Gasteiger partial charge in [0.05, 0.1) is 11.7 Å². The zero-order valence-corrected chi connectivity index (χ0v) is 10.9. The Morgan fingerprint density at radius 3 is 3.00 bits per heavy atom. The predicted octanol–water partition coefficient (Wildman–Crippen LogP) is 3.62. The fourth-order valence-corrected chi connectivity index (χ4v) is 2.33. The monoisotopic (exact) mass is 307 g/mol. The number of hydrogen-bond donors (Lipinski definition) is 0. The first kappa shape index (κ1) is 10.6. The molecule has 0 spiro atoms. The zero-order valence-electron chi connectivity index (χ0n) is 8.50. The van der Waals surface area contributed by atoms with Crippen molar-refractivity contribution in [3.05, 3.63) is 40.4 Å². The molecule has 0 saturated carbocycles. The quantitative estimate of drug-likeness (QED) is 0.725. The molecule has 0 atom stereocenters. The van der Waals surface area contributed by atoms with Gasteiger partial charge in [0.15, 0.2) is 0 Å². The summed E-state index contributed by atoms with van der Waals surface area (Å²) in [7, 11) is 0. The van der Waals surface area contributed by atoms with Crippen LogP contribution in [0.5, 0.6) is 0 Å². The Hall–Kier alpha value is -1.53. The molecule has 3 aromatic rings. The van der Waals surface area contributed by atoms with Crippen LogP contribution in [0.25, 0.3) is 22.2 Å². The Morgan fingerprint density at radius 1 is 1.29 bits per heavy atom. The van der Waals surface area contributed by atoms with Crippen LogP contribution in [0, 0.1) is 0 Å². The van der Waals surface area contributed by atoms with E-state index in [1.165, 1.54) is 11.3 Å². The Kier molecular flexibility index (Phi) is 2.74. The fourth-order valence-electron chi connectivity index (χ4n) is 1.39. The summed E-state index contributed by atoms with van der Waals surface area (Å²) in [6.07, 6.45) is 1.71. The minimum atomic E-state index is 0.502. The van der Waals surface area contributed by atoms with E-state index in [9.17, 15) is 0 Å². The summed E-state index contributed by atoms with van der Waals surface area (Å²) >= 11 is 4.88. The second kappa shape index (κ2) is 4.38. The maximum absolute atomic E-state index is 5.20. The maximum Gasteiger partial charge on any atom is 0.269 e. The number of thiazole rings is 1. The smallest absolute Gasteiger partial charge is 0.269 e. The van der Waals surface area contributed by atoms with E-state index in [1.807, 2.05) is 24.3 Å². The first-order valence-electron chi connectivity index (χ1n) is 4.81. The summed E-state index contributed by atoms with van der Waals surface area (Å²) in [5.41, 5.74) is 2.65. The molecular weight excluding hydrogens is 302 g/mol. The van der Waals surface area contributed by atoms with Gasteiger partial charge < -0.3 is 4.52 Å². The lowest BCUT2D eigenvalue weighted by molar-refractivity contribution is 0.433. The summed E-state index contributed by atoms with van der Waals surface area (Å²) in [6.45, 7) is 0. The second-order valence-corrected chi connectivity index (χ2v) is 5.10. The summed E-state index contributed by atoms with van der Waals surface area (Å²) in [5, 5.41) is 3.96. The first-order valence-corrected chi connectivity index (χ1v) is 6.49. The molecule has 0 fully saturated rings. The molecule has 0 aliphatic heterocycles. The van der Waals surface area contributed by atoms with Crippen LogP contribution >= 0.6 is 27.3 Å². The van der Waals surface area contributed by atoms with Gasteiger partial charge in [0, 0.05) is 10.0 Å². The summed E-state index contributed by atoms with van der Waals surface area (Å²) in [6, 6.07) is 7.77. The summed E-state index contributed by atoms with van der Waals surface area (Å²) in [5.74, 6) is 1.08. The zero-order chi connectivity index (χ0) is 11.7. The average molecular weight is 308 g/mol. The number of halogens is 1. The molecule has 0 saturated heterocycles. The number of hydrogen-bond acceptors (Lipinski definition) is 5. The highest BCUT2D eigenvalue weighted by atomic mass is 79.9. The highest BCUT2D eigenvalue weighted by molar-refractivity contribution is 9.10. The molecular formula is C11H6BrN3OS. The van der Waals surface area contributed by atoms with Crippen LogP contribution in [-0.4, -0.2) is 15.1 Å². The molecule has 0 bridgehead atoms. The third-order valence-electron chi connectivity index (χ3n) is 2.15. The fraction of sp³-hybridized carbons (Fsp3) is 0. The topological polar surface area (TPSA) is 51.8 Å². The van der Waals surface area contributed by atoms with Gasteiger partial charge in [0.1, 0.15) is 4.88 Å². The molecule has 4 nitrogen and oxygen atoms in total. The molecule has 0 radical (unpaired) electrons. The van der Waals surface area contributed by atoms with E-state index in [-0.39, 0.29) is 0 Å². The van der Waals surface area contributed by atoms with Crippen LogP contribution in [0.1, 0.15) is 0 Å². The van der Waals surface area contributed by atoms with E-state index in [1.54, 1.807) is 11.7 Å². The van der Waals surface area contributed by atoms with Crippen molar-refractivity contribution in [1.29, 1.82) is 0 Å². The van der Waals surface area contributed by atoms with Crippen molar-refractivity contribution in [1.82, 2.24) is 15.1 Å². The Balaban J connectivity index is 2.01. The number of benzene rings is 1. The minimum Gasteiger partial charge on any atom is -0.333 e. The van der Waals surface area contributed by atoms with Crippen molar-refractivity contribution in [2.24, 2.45) is 0 Å². The SMILES string of the molecule is Brc1cccc(-c2noc(-c3cncs3)n2)c1. The minimum absolute atomic E-state index is 0.502. The highest BCUT2D eigenvalue weighted by Crippen LogP contribution is 2.25. The van der Waals surface area contributed by atoms with Gasteiger partial charge in [-0.2, -0.15) is 4.98 Å². The normalized spacial score (nSPS) is 10.6. The Labute approximate surface area is 109 Å². The summed E-state index contributed by atoms with van der Waals surface area (Å²) < 4.78 is 6.18. The van der Waals surface area contributed by atoms with Gasteiger partial charge in [-0.25, -0.2) is 0 Å². The molecule has 17 heavy (non-hydrogen) atoms. The third kappa shape index (κ3) is 2.13. The highest BCUT2D eigenvalue weighted by Gasteiger charge is 2.11. The van der Waals surface area contributed by atoms with Crippen LogP contribution in [0.15, 0.2) is 45.0 Å². The van der Waals surface area contributed by atoms with E-state index < -0.39 is 0 Å². The third-order valence-corrected chi connectivity index (χ3v) is 3.41. The number of nitrogens with zero attached hydrogens (tertiary/aromatic N) is 3. The maximum atomic E-state index is 5.20. The Morgan fingerprint density at radius 2 is 2.24 bits per heavy atom. The first-order chi connectivity index (χ1) is 8.33. The standard InChI is InChI=1S/C11H6BrN3OS/c12-8-3-1-2-7(4-8)10-14-11(16-15-10)9-5-13-6-17-9/h1-6H. The molecule has 0 aliphatic carbocycles. The van der Waals surface area contributed by atoms with Crippen molar-refractivity contribution in [2.75, 3.05) is 0 Å². The van der Waals surface area contributed by atoms with E-state index in [4.69, 9.17) is 4.52 Å². The van der Waals surface area contributed by atoms with Crippen LogP contribution in [0.3, 0.4) is 0 Å². The number of aromatic nitrogens is 3. The van der Waals surface area contributed by atoms with E-state index in [0.717, 1.165) is 14.9 Å². The van der Waals surface area contributed by atoms with Crippen molar-refractivity contribution in [3.8, 4) is 22.2 Å². The van der Waals surface area contributed by atoms with Crippen LogP contribution in [0.4, 0.5) is 0 Å². The van der Waals surface area contributed by atoms with Crippen molar-refractivity contribution >= 4 is 27.3 Å². The molecule has 84 valence electrons. The number of rotatable bonds is 2. The molecule has 0 aliphatic rings. The summed E-state index contributed by atoms with van der Waals surface area (Å²) in [4.78, 5) is 9.19. The van der Waals surface area contributed by atoms with E-state index in [0.29, 0.717) is 11.7 Å². The van der Waals surface area contributed by atoms with Gasteiger partial charge in [-0.1, -0.05) is 33.2 Å². The van der Waals surface area contributed by atoms with Gasteiger partial charge in [-0.15, -0.1) is 11.3 Å². The van der Waals surface area contributed by atoms with E-state index in [2.05, 4.69) is 31.1 Å². The van der Waals surface area contributed by atoms with Crippen molar-refractivity contribution in [3.63, 3.8) is 0 Å². The second-order valence-electron chi connectivity index (χ2n) is 3.30. The van der Waals surface area contributed by atoms with Crippen molar-refractivity contribution < 1.29 is 4.52 Å². The van der Waals surface area contributed by atoms with Crippen LogP contribution in [0.2, 0.25) is 0 Å². The molecule has 6 heteroatoms. The lowest BCUT2D eigenvalue weighted by Crippen LogP contribution is -1.80. The van der Waals surface area contributed by atoms with Gasteiger partial charge in [-0.05, 0) is 12.1 Å². The van der Waals surface area contributed by atoms with Gasteiger partial charge in [0.2, 0.25) is 5.82 Å². The Bertz CT molecular complexity index is 636. The predicted molar refractivity (Wildman–Crippen MR) is 68.5 cm³/mol. The lowest BCUT2D eigenvalue weighted by atomic mass is 10.2. The molecule has 2 aromatic heterocycles. The van der Waals surface area contributed by atoms with Crippen LogP contribution in [-0.2, 0) is 0 Å². The van der Waals surface area contributed by atoms with Gasteiger partial charge in [-0.3, -0.25) is 4.98 Å². The lowest BCUT2D eigenvalue weighted by Gasteiger charge is -1.93. The molecule has 0 unspecified atom stereocenters. The largest absolute Gasteiger partial charge is 0.333 e. The van der Waals surface area contributed by atoms with Crippen molar-refractivity contribution in [2.45, 2.75) is 0 Å². The molecule has 2 heterocycles. The average Bonchev–Trinajstić information content (AvgIpc) is 3.00. The molecule has 0 amide bonds. The van der Waals surface area contributed by atoms with Gasteiger partial charge in [0.25, 0.3) is 5.89 Å². The molecule has 3 rings (SSSR count). The molecule has 1 aromatic carbocycles. The van der Waals surface area contributed by atoms with Crippen LogP contribution < -0.4 is 0 Å². The van der Waals surface area contributed by atoms with E-state index >= 15 is 0 Å². The molecule has 0 N–H and O–H groups in total. The van der Waals surface area contributed by atoms with Gasteiger partial charge >= 0.3 is 0 Å².